The van der Waals surface area contributed by atoms with Crippen molar-refractivity contribution in [3.8, 4) is 6.07 Å². The zero-order valence-corrected chi connectivity index (χ0v) is 12.2. The average molecular weight is 314 g/mol. The van der Waals surface area contributed by atoms with Gasteiger partial charge in [-0.1, -0.05) is 17.7 Å². The Hall–Kier alpha value is -2.84. The van der Waals surface area contributed by atoms with Crippen LogP contribution in [0.25, 0.3) is 0 Å². The molecule has 22 heavy (non-hydrogen) atoms. The Labute approximate surface area is 132 Å². The summed E-state index contributed by atoms with van der Waals surface area (Å²) < 4.78 is 0. The Balaban J connectivity index is 1.88. The van der Waals surface area contributed by atoms with Gasteiger partial charge in [0.2, 0.25) is 5.91 Å². The van der Waals surface area contributed by atoms with Crippen molar-refractivity contribution >= 4 is 29.1 Å². The van der Waals surface area contributed by atoms with E-state index >= 15 is 0 Å². The molecular formula is C16H12ClN3O2. The van der Waals surface area contributed by atoms with Crippen molar-refractivity contribution in [3.63, 3.8) is 0 Å². The number of carbonyl (C=O) groups is 2. The van der Waals surface area contributed by atoms with Gasteiger partial charge in [-0.2, -0.15) is 5.26 Å². The van der Waals surface area contributed by atoms with Crippen LogP contribution in [0.3, 0.4) is 0 Å². The predicted molar refractivity (Wildman–Crippen MR) is 83.6 cm³/mol. The number of anilines is 1. The molecule has 2 aromatic rings. The monoisotopic (exact) mass is 313 g/mol. The van der Waals surface area contributed by atoms with Crippen LogP contribution in [0.2, 0.25) is 5.02 Å². The summed E-state index contributed by atoms with van der Waals surface area (Å²) in [5.74, 6) is -0.741. The molecule has 0 fully saturated rings. The number of hydrogen-bond donors (Lipinski definition) is 2. The Morgan fingerprint density at radius 2 is 1.86 bits per heavy atom. The fraction of sp³-hybridized carbons (Fsp3) is 0.0625. The smallest absolute Gasteiger partial charge is 0.251 e. The lowest BCUT2D eigenvalue weighted by atomic mass is 10.2. The summed E-state index contributed by atoms with van der Waals surface area (Å²) in [7, 11) is 0. The maximum absolute atomic E-state index is 11.8. The van der Waals surface area contributed by atoms with Gasteiger partial charge in [0.15, 0.2) is 0 Å². The first-order valence-corrected chi connectivity index (χ1v) is 6.80. The van der Waals surface area contributed by atoms with Gasteiger partial charge in [-0.15, -0.1) is 0 Å². The number of nitrogens with zero attached hydrogens (tertiary/aromatic N) is 1. The van der Waals surface area contributed by atoms with E-state index in [1.54, 1.807) is 48.5 Å². The lowest BCUT2D eigenvalue weighted by Gasteiger charge is -2.07. The highest BCUT2D eigenvalue weighted by Crippen LogP contribution is 2.10. The number of carbonyl (C=O) groups excluding carboxylic acids is 2. The second kappa shape index (κ2) is 7.25. The zero-order chi connectivity index (χ0) is 15.9. The molecule has 2 rings (SSSR count). The summed E-state index contributed by atoms with van der Waals surface area (Å²) in [6.45, 7) is -0.168. The van der Waals surface area contributed by atoms with Crippen LogP contribution in [0.4, 0.5) is 5.69 Å². The second-order valence-corrected chi connectivity index (χ2v) is 4.87. The Bertz CT molecular complexity index is 736. The van der Waals surface area contributed by atoms with Gasteiger partial charge in [-0.3, -0.25) is 9.59 Å². The third-order valence-electron chi connectivity index (χ3n) is 2.79. The first kappa shape index (κ1) is 15.5. The molecule has 5 nitrogen and oxygen atoms in total. The van der Waals surface area contributed by atoms with Crippen molar-refractivity contribution in [3.05, 3.63) is 64.7 Å². The molecule has 2 N–H and O–H groups in total. The quantitative estimate of drug-likeness (QED) is 0.910. The zero-order valence-electron chi connectivity index (χ0n) is 11.5. The molecule has 2 amide bonds. The van der Waals surface area contributed by atoms with Crippen LogP contribution in [0.1, 0.15) is 15.9 Å². The van der Waals surface area contributed by atoms with Crippen LogP contribution in [0.15, 0.2) is 48.5 Å². The predicted octanol–water partition coefficient (Wildman–Crippen LogP) is 2.58. The van der Waals surface area contributed by atoms with Crippen molar-refractivity contribution in [2.45, 2.75) is 0 Å². The molecule has 2 aromatic carbocycles. The molecule has 0 unspecified atom stereocenters. The fourth-order valence-corrected chi connectivity index (χ4v) is 1.86. The highest BCUT2D eigenvalue weighted by Gasteiger charge is 2.08. The highest BCUT2D eigenvalue weighted by atomic mass is 35.5. The van der Waals surface area contributed by atoms with Crippen LogP contribution >= 0.6 is 11.6 Å². The molecule has 110 valence electrons. The Morgan fingerprint density at radius 1 is 1.14 bits per heavy atom. The SMILES string of the molecule is N#Cc1cccc(NC(=O)CNC(=O)c2ccc(Cl)cc2)c1. The molecule has 0 heterocycles. The number of nitrogens with one attached hydrogen (secondary N) is 2. The van der Waals surface area contributed by atoms with E-state index in [9.17, 15) is 9.59 Å². The number of rotatable bonds is 4. The van der Waals surface area contributed by atoms with Crippen molar-refractivity contribution in [1.29, 1.82) is 5.26 Å². The van der Waals surface area contributed by atoms with Gasteiger partial charge < -0.3 is 10.6 Å². The van der Waals surface area contributed by atoms with Gasteiger partial charge in [0.1, 0.15) is 0 Å². The minimum Gasteiger partial charge on any atom is -0.343 e. The maximum atomic E-state index is 11.8. The van der Waals surface area contributed by atoms with Crippen molar-refractivity contribution in [2.75, 3.05) is 11.9 Å². The number of benzene rings is 2. The Kier molecular flexibility index (Phi) is 5.12. The van der Waals surface area contributed by atoms with Gasteiger partial charge in [0.25, 0.3) is 5.91 Å². The summed E-state index contributed by atoms with van der Waals surface area (Å²) >= 11 is 5.74. The molecule has 0 aromatic heterocycles. The largest absolute Gasteiger partial charge is 0.343 e. The molecule has 0 atom stereocenters. The van der Waals surface area contributed by atoms with Gasteiger partial charge in [0, 0.05) is 16.3 Å². The summed E-state index contributed by atoms with van der Waals surface area (Å²) in [4.78, 5) is 23.6. The van der Waals surface area contributed by atoms with E-state index < -0.39 is 0 Å². The first-order chi connectivity index (χ1) is 10.6. The molecule has 0 bridgehead atoms. The third-order valence-corrected chi connectivity index (χ3v) is 3.04. The molecule has 0 saturated carbocycles. The average Bonchev–Trinajstić information content (AvgIpc) is 2.53. The maximum Gasteiger partial charge on any atom is 0.251 e. The first-order valence-electron chi connectivity index (χ1n) is 6.42. The van der Waals surface area contributed by atoms with Crippen LogP contribution in [-0.4, -0.2) is 18.4 Å². The minimum atomic E-state index is -0.377. The van der Waals surface area contributed by atoms with Crippen molar-refractivity contribution in [2.24, 2.45) is 0 Å². The van der Waals surface area contributed by atoms with E-state index in [4.69, 9.17) is 16.9 Å². The molecule has 0 aliphatic carbocycles. The molecule has 0 aliphatic heterocycles. The van der Waals surface area contributed by atoms with E-state index in [1.165, 1.54) is 0 Å². The highest BCUT2D eigenvalue weighted by molar-refractivity contribution is 6.30. The molecular weight excluding hydrogens is 302 g/mol. The summed E-state index contributed by atoms with van der Waals surface area (Å²) in [6.07, 6.45) is 0. The van der Waals surface area contributed by atoms with Crippen LogP contribution in [0.5, 0.6) is 0 Å². The summed E-state index contributed by atoms with van der Waals surface area (Å²) in [5, 5.41) is 14.4. The van der Waals surface area contributed by atoms with Gasteiger partial charge in [-0.25, -0.2) is 0 Å². The number of halogens is 1. The standard InChI is InChI=1S/C16H12ClN3O2/c17-13-6-4-12(5-7-13)16(22)19-10-15(21)20-14-3-1-2-11(8-14)9-18/h1-8H,10H2,(H,19,22)(H,20,21). The van der Waals surface area contributed by atoms with E-state index in [1.807, 2.05) is 6.07 Å². The normalized spacial score (nSPS) is 9.64. The summed E-state index contributed by atoms with van der Waals surface area (Å²) in [6, 6.07) is 14.9. The fourth-order valence-electron chi connectivity index (χ4n) is 1.74. The van der Waals surface area contributed by atoms with Gasteiger partial charge in [-0.05, 0) is 42.5 Å². The topological polar surface area (TPSA) is 82.0 Å². The van der Waals surface area contributed by atoms with Gasteiger partial charge >= 0.3 is 0 Å². The van der Waals surface area contributed by atoms with Gasteiger partial charge in [0.05, 0.1) is 18.2 Å². The van der Waals surface area contributed by atoms with E-state index in [0.29, 0.717) is 21.8 Å². The Morgan fingerprint density at radius 3 is 2.55 bits per heavy atom. The minimum absolute atomic E-state index is 0.168. The van der Waals surface area contributed by atoms with Crippen LogP contribution in [-0.2, 0) is 4.79 Å². The molecule has 0 radical (unpaired) electrons. The molecule has 0 spiro atoms. The van der Waals surface area contributed by atoms with Crippen LogP contribution in [0, 0.1) is 11.3 Å². The molecule has 0 saturated heterocycles. The number of amides is 2. The third kappa shape index (κ3) is 4.33. The van der Waals surface area contributed by atoms with E-state index in [-0.39, 0.29) is 18.4 Å². The summed E-state index contributed by atoms with van der Waals surface area (Å²) in [5.41, 5.74) is 1.37. The second-order valence-electron chi connectivity index (χ2n) is 4.43. The van der Waals surface area contributed by atoms with Crippen molar-refractivity contribution in [1.82, 2.24) is 5.32 Å². The van der Waals surface area contributed by atoms with Crippen LogP contribution < -0.4 is 10.6 Å². The van der Waals surface area contributed by atoms with E-state index in [0.717, 1.165) is 0 Å². The number of hydrogen-bond acceptors (Lipinski definition) is 3. The number of nitriles is 1. The van der Waals surface area contributed by atoms with Crippen molar-refractivity contribution < 1.29 is 9.59 Å². The molecule has 6 heteroatoms. The molecule has 0 aliphatic rings. The lowest BCUT2D eigenvalue weighted by Crippen LogP contribution is -2.32. The van der Waals surface area contributed by atoms with E-state index in [2.05, 4.69) is 10.6 Å². The lowest BCUT2D eigenvalue weighted by molar-refractivity contribution is -0.115.